The molecule has 3 unspecified atom stereocenters. The van der Waals surface area contributed by atoms with E-state index in [0.29, 0.717) is 19.5 Å². The van der Waals surface area contributed by atoms with Crippen molar-refractivity contribution in [1.82, 2.24) is 10.2 Å². The zero-order chi connectivity index (χ0) is 23.8. The number of benzene rings is 2. The molecule has 1 heterocycles. The molecule has 0 aromatic heterocycles. The molecule has 1 saturated carbocycles. The lowest BCUT2D eigenvalue weighted by atomic mass is 9.98. The number of rotatable bonds is 8. The molecule has 0 spiro atoms. The van der Waals surface area contributed by atoms with Crippen molar-refractivity contribution in [3.63, 3.8) is 0 Å². The Morgan fingerprint density at radius 2 is 1.65 bits per heavy atom. The summed E-state index contributed by atoms with van der Waals surface area (Å²) in [5.74, 6) is -0.509. The van der Waals surface area contributed by atoms with Crippen LogP contribution in [-0.2, 0) is 14.3 Å². The summed E-state index contributed by atoms with van der Waals surface area (Å²) in [4.78, 5) is 38.8. The molecular weight excluding hydrogens is 452 g/mol. The highest BCUT2D eigenvalue weighted by molar-refractivity contribution is 7.98. The first-order valence-corrected chi connectivity index (χ1v) is 13.0. The Labute approximate surface area is 202 Å². The average molecular weight is 481 g/mol. The fourth-order valence-corrected chi connectivity index (χ4v) is 6.04. The number of thioether (sulfide) groups is 1. The number of nitrogens with zero attached hydrogens (tertiary/aromatic N) is 1. The van der Waals surface area contributed by atoms with Crippen molar-refractivity contribution in [2.24, 2.45) is 17.8 Å². The van der Waals surface area contributed by atoms with Gasteiger partial charge in [-0.15, -0.1) is 0 Å². The maximum absolute atomic E-state index is 13.1. The summed E-state index contributed by atoms with van der Waals surface area (Å²) in [5.41, 5.74) is 4.59. The van der Waals surface area contributed by atoms with Gasteiger partial charge in [0, 0.05) is 19.0 Å². The van der Waals surface area contributed by atoms with E-state index in [1.54, 1.807) is 16.7 Å². The topological polar surface area (TPSA) is 95.9 Å². The van der Waals surface area contributed by atoms with Gasteiger partial charge in [-0.1, -0.05) is 48.5 Å². The normalized spacial score (nSPS) is 23.0. The predicted molar refractivity (Wildman–Crippen MR) is 130 cm³/mol. The van der Waals surface area contributed by atoms with Gasteiger partial charge in [-0.3, -0.25) is 9.59 Å². The number of ether oxygens (including phenoxy) is 1. The van der Waals surface area contributed by atoms with E-state index < -0.39 is 18.1 Å². The molecule has 34 heavy (non-hydrogen) atoms. The van der Waals surface area contributed by atoms with Crippen molar-refractivity contribution in [1.29, 1.82) is 0 Å². The molecule has 2 amide bonds. The van der Waals surface area contributed by atoms with Crippen LogP contribution in [0.25, 0.3) is 11.1 Å². The Hall–Kier alpha value is -3.00. The Bertz CT molecular complexity index is 1060. The van der Waals surface area contributed by atoms with Crippen molar-refractivity contribution in [3.8, 4) is 11.1 Å². The highest BCUT2D eigenvalue weighted by Gasteiger charge is 2.60. The molecule has 3 aliphatic rings. The Morgan fingerprint density at radius 3 is 2.21 bits per heavy atom. The molecule has 5 rings (SSSR count). The minimum atomic E-state index is -0.780. The number of hydrogen-bond acceptors (Lipinski definition) is 5. The van der Waals surface area contributed by atoms with Crippen molar-refractivity contribution in [3.05, 3.63) is 59.7 Å². The first-order valence-electron chi connectivity index (χ1n) is 11.6. The Morgan fingerprint density at radius 1 is 1.06 bits per heavy atom. The second kappa shape index (κ2) is 9.33. The largest absolute Gasteiger partial charge is 0.481 e. The van der Waals surface area contributed by atoms with Gasteiger partial charge in [0.25, 0.3) is 0 Å². The third-order valence-electron chi connectivity index (χ3n) is 7.34. The Kier molecular flexibility index (Phi) is 6.25. The second-order valence-electron chi connectivity index (χ2n) is 9.24. The third-order valence-corrected chi connectivity index (χ3v) is 7.98. The van der Waals surface area contributed by atoms with Gasteiger partial charge in [0.1, 0.15) is 12.6 Å². The predicted octanol–water partition coefficient (Wildman–Crippen LogP) is 3.44. The number of carboxylic acid groups (broad SMARTS) is 1. The molecule has 178 valence electrons. The van der Waals surface area contributed by atoms with Crippen molar-refractivity contribution in [2.45, 2.75) is 18.4 Å². The molecular formula is C26H28N2O5S. The quantitative estimate of drug-likeness (QED) is 0.601. The van der Waals surface area contributed by atoms with Gasteiger partial charge in [0.05, 0.1) is 5.92 Å². The maximum Gasteiger partial charge on any atom is 0.407 e. The molecule has 8 heteroatoms. The first-order chi connectivity index (χ1) is 16.5. The van der Waals surface area contributed by atoms with E-state index in [-0.39, 0.29) is 36.2 Å². The Balaban J connectivity index is 1.21. The highest BCUT2D eigenvalue weighted by Crippen LogP contribution is 2.52. The first kappa shape index (κ1) is 22.8. The van der Waals surface area contributed by atoms with Crippen LogP contribution in [-0.4, -0.2) is 65.7 Å². The van der Waals surface area contributed by atoms with Crippen molar-refractivity contribution >= 4 is 29.7 Å². The van der Waals surface area contributed by atoms with Crippen LogP contribution < -0.4 is 5.32 Å². The van der Waals surface area contributed by atoms with Gasteiger partial charge in [-0.05, 0) is 52.5 Å². The van der Waals surface area contributed by atoms with Crippen molar-refractivity contribution in [2.75, 3.05) is 31.7 Å². The van der Waals surface area contributed by atoms with Crippen LogP contribution in [0.5, 0.6) is 0 Å². The molecule has 2 aromatic carbocycles. The third kappa shape index (κ3) is 4.15. The standard InChI is InChI=1S/C26H28N2O5S/c1-34-11-10-22(24(29)28-12-19-20(13-28)23(19)25(30)31)27-26(32)33-14-21-17-8-4-2-6-15(17)16-7-3-5-9-18(16)21/h2-9,19-23H,10-14H2,1H3,(H,27,32)(H,30,31). The van der Waals surface area contributed by atoms with Crippen molar-refractivity contribution < 1.29 is 24.2 Å². The summed E-state index contributed by atoms with van der Waals surface area (Å²) in [6.07, 6.45) is 1.85. The van der Waals surface area contributed by atoms with E-state index in [2.05, 4.69) is 29.6 Å². The number of likely N-dealkylation sites (tertiary alicyclic amines) is 1. The van der Waals surface area contributed by atoms with E-state index in [9.17, 15) is 19.5 Å². The van der Waals surface area contributed by atoms with Gasteiger partial charge >= 0.3 is 12.1 Å². The fraction of sp³-hybridized carbons (Fsp3) is 0.423. The highest BCUT2D eigenvalue weighted by atomic mass is 32.2. The SMILES string of the molecule is CSCCC(NC(=O)OCC1c2ccccc2-c2ccccc21)C(=O)N1CC2C(C1)C2C(=O)O. The molecule has 0 radical (unpaired) electrons. The number of carboxylic acids is 1. The zero-order valence-corrected chi connectivity index (χ0v) is 19.8. The smallest absolute Gasteiger partial charge is 0.407 e. The number of carbonyl (C=O) groups excluding carboxylic acids is 2. The van der Waals surface area contributed by atoms with E-state index in [1.165, 1.54) is 0 Å². The lowest BCUT2D eigenvalue weighted by Gasteiger charge is -2.26. The van der Waals surface area contributed by atoms with Gasteiger partial charge in [-0.25, -0.2) is 4.79 Å². The van der Waals surface area contributed by atoms with Gasteiger partial charge in [0.15, 0.2) is 0 Å². The molecule has 1 saturated heterocycles. The molecule has 2 N–H and O–H groups in total. The summed E-state index contributed by atoms with van der Waals surface area (Å²) >= 11 is 1.61. The average Bonchev–Trinajstić information content (AvgIpc) is 3.20. The monoisotopic (exact) mass is 480 g/mol. The van der Waals surface area contributed by atoms with Crippen LogP contribution in [0, 0.1) is 17.8 Å². The molecule has 0 bridgehead atoms. The van der Waals surface area contributed by atoms with E-state index >= 15 is 0 Å². The van der Waals surface area contributed by atoms with E-state index in [0.717, 1.165) is 28.0 Å². The van der Waals surface area contributed by atoms with Crippen LogP contribution >= 0.6 is 11.8 Å². The molecule has 7 nitrogen and oxygen atoms in total. The van der Waals surface area contributed by atoms with Crippen LogP contribution in [0.15, 0.2) is 48.5 Å². The van der Waals surface area contributed by atoms with Crippen LogP contribution in [0.1, 0.15) is 23.5 Å². The minimum Gasteiger partial charge on any atom is -0.481 e. The summed E-state index contributed by atoms with van der Waals surface area (Å²) in [5, 5.41) is 12.0. The lowest BCUT2D eigenvalue weighted by molar-refractivity contribution is -0.141. The number of nitrogens with one attached hydrogen (secondary N) is 1. The number of alkyl carbamates (subject to hydrolysis) is 1. The van der Waals surface area contributed by atoms with Gasteiger partial charge in [-0.2, -0.15) is 11.8 Å². The lowest BCUT2D eigenvalue weighted by Crippen LogP contribution is -2.49. The number of fused-ring (bicyclic) bond motifs is 4. The summed E-state index contributed by atoms with van der Waals surface area (Å²) in [6, 6.07) is 15.6. The number of aliphatic carboxylic acids is 1. The number of hydrogen-bond donors (Lipinski definition) is 2. The van der Waals surface area contributed by atoms with Gasteiger partial charge in [0.2, 0.25) is 5.91 Å². The maximum atomic E-state index is 13.1. The minimum absolute atomic E-state index is 0.0390. The van der Waals surface area contributed by atoms with Crippen LogP contribution in [0.2, 0.25) is 0 Å². The second-order valence-corrected chi connectivity index (χ2v) is 10.2. The van der Waals surface area contributed by atoms with Crippen LogP contribution in [0.4, 0.5) is 4.79 Å². The number of carbonyl (C=O) groups is 3. The number of piperidine rings is 1. The van der Waals surface area contributed by atoms with E-state index in [4.69, 9.17) is 4.74 Å². The fourth-order valence-electron chi connectivity index (χ4n) is 5.57. The molecule has 3 atom stereocenters. The molecule has 2 aliphatic carbocycles. The molecule has 1 aliphatic heterocycles. The van der Waals surface area contributed by atoms with Gasteiger partial charge < -0.3 is 20.1 Å². The summed E-state index contributed by atoms with van der Waals surface area (Å²) < 4.78 is 5.64. The van der Waals surface area contributed by atoms with Crippen LogP contribution in [0.3, 0.4) is 0 Å². The zero-order valence-electron chi connectivity index (χ0n) is 19.0. The van der Waals surface area contributed by atoms with E-state index in [1.807, 2.05) is 30.5 Å². The molecule has 2 aromatic rings. The molecule has 2 fully saturated rings. The summed E-state index contributed by atoms with van der Waals surface area (Å²) in [7, 11) is 0. The summed E-state index contributed by atoms with van der Waals surface area (Å²) in [6.45, 7) is 1.09. The number of amides is 2.